The second-order valence-corrected chi connectivity index (χ2v) is 19.6. The van der Waals surface area contributed by atoms with E-state index in [2.05, 4.69) is 25.0 Å². The molecule has 4 atom stereocenters. The van der Waals surface area contributed by atoms with Crippen LogP contribution in [0.4, 0.5) is 0 Å². The highest BCUT2D eigenvalue weighted by atomic mass is 28.3. The van der Waals surface area contributed by atoms with Crippen LogP contribution < -0.4 is 15.8 Å². The lowest BCUT2D eigenvalue weighted by molar-refractivity contribution is -0.173. The molecule has 0 radical (unpaired) electrons. The molecule has 274 valence electrons. The third-order valence-corrected chi connectivity index (χ3v) is 9.45. The summed E-state index contributed by atoms with van der Waals surface area (Å²) in [7, 11) is 0.139. The number of benzene rings is 2. The molecule has 2 aromatic rings. The van der Waals surface area contributed by atoms with Gasteiger partial charge in [-0.1, -0.05) is 101 Å². The Hall–Kier alpha value is -4.22. The molecule has 1 unspecified atom stereocenters. The highest BCUT2D eigenvalue weighted by molar-refractivity contribution is 6.76. The number of esters is 3. The van der Waals surface area contributed by atoms with Crippen molar-refractivity contribution >= 4 is 38.0 Å². The van der Waals surface area contributed by atoms with Gasteiger partial charge >= 0.3 is 17.9 Å². The monoisotopic (exact) mass is 708 g/mol. The smallest absolute Gasteiger partial charge is 0.347 e. The molecule has 0 fully saturated rings. The summed E-state index contributed by atoms with van der Waals surface area (Å²) in [5.74, 6) is -1.75. The van der Waals surface area contributed by atoms with E-state index in [9.17, 15) is 19.2 Å². The Morgan fingerprint density at radius 2 is 1.60 bits per heavy atom. The summed E-state index contributed by atoms with van der Waals surface area (Å²) in [6.45, 7) is 12.7. The zero-order chi connectivity index (χ0) is 37.1. The standard InChI is InChI=1S/C39H56N2O8Si/c1-28(2)26-35(48-37(43)22-23-40)39(45)49-34(29(3)16-17-30-12-9-8-10-13-30)14-11-15-36(42)41-33(38(44)47-24-25-50(5,6)7)27-31-18-20-32(46-4)21-19-31/h8-13,15-21,28-29,33-35H,14,22-27,40H2,1-7H3,(H,41,42)/b15-11+,17-16+/t29-,33+,34+,35?/m1/s1. The van der Waals surface area contributed by atoms with Gasteiger partial charge in [0.15, 0.2) is 6.10 Å². The number of hydrogen-bond donors (Lipinski definition) is 2. The minimum absolute atomic E-state index is 0.00924. The fraction of sp³-hybridized carbons (Fsp3) is 0.487. The van der Waals surface area contributed by atoms with E-state index < -0.39 is 50.1 Å². The van der Waals surface area contributed by atoms with E-state index in [-0.39, 0.29) is 44.1 Å². The van der Waals surface area contributed by atoms with Crippen LogP contribution in [0.25, 0.3) is 6.08 Å². The van der Waals surface area contributed by atoms with E-state index in [0.29, 0.717) is 12.4 Å². The molecule has 0 aromatic heterocycles. The fourth-order valence-corrected chi connectivity index (χ4v) is 5.49. The van der Waals surface area contributed by atoms with E-state index in [1.54, 1.807) is 25.3 Å². The Morgan fingerprint density at radius 1 is 0.920 bits per heavy atom. The van der Waals surface area contributed by atoms with Crippen LogP contribution in [-0.4, -0.2) is 70.4 Å². The lowest BCUT2D eigenvalue weighted by Gasteiger charge is -2.25. The molecule has 10 nitrogen and oxygen atoms in total. The van der Waals surface area contributed by atoms with Crippen molar-refractivity contribution in [2.24, 2.45) is 17.6 Å². The first-order valence-electron chi connectivity index (χ1n) is 17.3. The van der Waals surface area contributed by atoms with E-state index in [1.807, 2.05) is 75.4 Å². The molecular weight excluding hydrogens is 653 g/mol. The summed E-state index contributed by atoms with van der Waals surface area (Å²) in [4.78, 5) is 51.9. The van der Waals surface area contributed by atoms with E-state index in [1.165, 1.54) is 6.08 Å². The highest BCUT2D eigenvalue weighted by Gasteiger charge is 2.29. The quantitative estimate of drug-likeness (QED) is 0.0679. The molecule has 2 aromatic carbocycles. The van der Waals surface area contributed by atoms with Gasteiger partial charge in [0.2, 0.25) is 5.91 Å². The number of nitrogens with two attached hydrogens (primary N) is 1. The number of ether oxygens (including phenoxy) is 4. The lowest BCUT2D eigenvalue weighted by Crippen LogP contribution is -2.43. The molecule has 3 N–H and O–H groups in total. The maximum Gasteiger partial charge on any atom is 0.347 e. The van der Waals surface area contributed by atoms with Crippen molar-refractivity contribution in [1.82, 2.24) is 5.32 Å². The topological polar surface area (TPSA) is 143 Å². The molecule has 0 saturated carbocycles. The van der Waals surface area contributed by atoms with Crippen molar-refractivity contribution in [2.45, 2.75) is 90.4 Å². The molecule has 0 aliphatic heterocycles. The first kappa shape index (κ1) is 41.9. The molecular formula is C39H56N2O8Si. The summed E-state index contributed by atoms with van der Waals surface area (Å²) < 4.78 is 22.2. The number of methoxy groups -OCH3 is 1. The van der Waals surface area contributed by atoms with Gasteiger partial charge in [0.1, 0.15) is 17.9 Å². The van der Waals surface area contributed by atoms with Crippen LogP contribution in [0, 0.1) is 11.8 Å². The molecule has 0 bridgehead atoms. The van der Waals surface area contributed by atoms with Crippen molar-refractivity contribution in [3.8, 4) is 5.75 Å². The van der Waals surface area contributed by atoms with Gasteiger partial charge in [-0.3, -0.25) is 9.59 Å². The fourth-order valence-electron chi connectivity index (χ4n) is 4.78. The predicted molar refractivity (Wildman–Crippen MR) is 199 cm³/mol. The average molecular weight is 709 g/mol. The van der Waals surface area contributed by atoms with Crippen molar-refractivity contribution in [3.63, 3.8) is 0 Å². The lowest BCUT2D eigenvalue weighted by atomic mass is 9.99. The molecule has 11 heteroatoms. The maximum absolute atomic E-state index is 13.4. The minimum Gasteiger partial charge on any atom is -0.497 e. The predicted octanol–water partition coefficient (Wildman–Crippen LogP) is 6.12. The van der Waals surface area contributed by atoms with Gasteiger partial charge < -0.3 is 30.0 Å². The van der Waals surface area contributed by atoms with Crippen LogP contribution >= 0.6 is 0 Å². The van der Waals surface area contributed by atoms with Crippen LogP contribution in [0.1, 0.15) is 51.2 Å². The maximum atomic E-state index is 13.4. The van der Waals surface area contributed by atoms with Gasteiger partial charge in [-0.2, -0.15) is 0 Å². The van der Waals surface area contributed by atoms with E-state index in [4.69, 9.17) is 24.7 Å². The molecule has 2 rings (SSSR count). The van der Waals surface area contributed by atoms with Gasteiger partial charge in [-0.15, -0.1) is 0 Å². The molecule has 0 heterocycles. The van der Waals surface area contributed by atoms with E-state index >= 15 is 0 Å². The average Bonchev–Trinajstić information content (AvgIpc) is 3.06. The Labute approximate surface area is 298 Å². The zero-order valence-corrected chi connectivity index (χ0v) is 31.7. The van der Waals surface area contributed by atoms with Crippen LogP contribution in [-0.2, 0) is 39.8 Å². The SMILES string of the molecule is COc1ccc(C[C@H](NC(=O)/C=C/C[C@H](OC(=O)C(CC(C)C)OC(=O)CCN)[C@H](C)/C=C/c2ccccc2)C(=O)OCC[Si](C)(C)C)cc1. The number of amides is 1. The summed E-state index contributed by atoms with van der Waals surface area (Å²) in [5.41, 5.74) is 7.31. The Kier molecular flexibility index (Phi) is 18.3. The molecule has 0 aliphatic rings. The normalized spacial score (nSPS) is 14.2. The van der Waals surface area contributed by atoms with Gasteiger partial charge in [-0.25, -0.2) is 9.59 Å². The van der Waals surface area contributed by atoms with Crippen molar-refractivity contribution < 1.29 is 38.1 Å². The van der Waals surface area contributed by atoms with Crippen molar-refractivity contribution in [3.05, 3.63) is 84.0 Å². The summed E-state index contributed by atoms with van der Waals surface area (Å²) >= 11 is 0. The van der Waals surface area contributed by atoms with Gasteiger partial charge in [0.25, 0.3) is 0 Å². The minimum atomic E-state index is -1.44. The van der Waals surface area contributed by atoms with Crippen LogP contribution in [0.15, 0.2) is 72.8 Å². The molecule has 50 heavy (non-hydrogen) atoms. The number of hydrogen-bond acceptors (Lipinski definition) is 9. The molecule has 0 spiro atoms. The second-order valence-electron chi connectivity index (χ2n) is 14.0. The number of nitrogens with one attached hydrogen (secondary N) is 1. The van der Waals surface area contributed by atoms with Gasteiger partial charge in [0, 0.05) is 33.4 Å². The van der Waals surface area contributed by atoms with Crippen molar-refractivity contribution in [1.29, 1.82) is 0 Å². The van der Waals surface area contributed by atoms with Crippen LogP contribution in [0.5, 0.6) is 5.75 Å². The Bertz CT molecular complexity index is 1400. The second kappa shape index (κ2) is 21.8. The first-order valence-corrected chi connectivity index (χ1v) is 21.0. The molecule has 0 saturated heterocycles. The van der Waals surface area contributed by atoms with Crippen LogP contribution in [0.3, 0.4) is 0 Å². The van der Waals surface area contributed by atoms with Gasteiger partial charge in [-0.05, 0) is 47.7 Å². The zero-order valence-electron chi connectivity index (χ0n) is 30.7. The summed E-state index contributed by atoms with van der Waals surface area (Å²) in [6, 6.07) is 16.9. The van der Waals surface area contributed by atoms with Gasteiger partial charge in [0.05, 0.1) is 20.1 Å². The summed E-state index contributed by atoms with van der Waals surface area (Å²) in [6.07, 6.45) is 5.74. The first-order chi connectivity index (χ1) is 23.7. The number of carbonyl (C=O) groups is 4. The third-order valence-electron chi connectivity index (χ3n) is 7.75. The van der Waals surface area contributed by atoms with E-state index in [0.717, 1.165) is 17.2 Å². The third kappa shape index (κ3) is 16.9. The highest BCUT2D eigenvalue weighted by Crippen LogP contribution is 2.20. The van der Waals surface area contributed by atoms with Crippen LogP contribution in [0.2, 0.25) is 25.7 Å². The largest absolute Gasteiger partial charge is 0.497 e. The Balaban J connectivity index is 2.23. The summed E-state index contributed by atoms with van der Waals surface area (Å²) in [5, 5.41) is 2.80. The number of rotatable bonds is 21. The Morgan fingerprint density at radius 3 is 2.20 bits per heavy atom. The number of carbonyl (C=O) groups excluding carboxylic acids is 4. The molecule has 0 aliphatic carbocycles. The molecule has 1 amide bonds. The van der Waals surface area contributed by atoms with Crippen molar-refractivity contribution in [2.75, 3.05) is 20.3 Å².